The normalized spacial score (nSPS) is 10.8. The van der Waals surface area contributed by atoms with E-state index in [4.69, 9.17) is 5.26 Å². The van der Waals surface area contributed by atoms with E-state index in [9.17, 15) is 22.8 Å². The van der Waals surface area contributed by atoms with Crippen LogP contribution in [0.25, 0.3) is 0 Å². The van der Waals surface area contributed by atoms with Gasteiger partial charge in [-0.1, -0.05) is 30.3 Å². The summed E-state index contributed by atoms with van der Waals surface area (Å²) in [5.74, 6) is -0.886. The van der Waals surface area contributed by atoms with Gasteiger partial charge in [0.25, 0.3) is 0 Å². The van der Waals surface area contributed by atoms with E-state index in [1.807, 2.05) is 12.1 Å². The predicted molar refractivity (Wildman–Crippen MR) is 108 cm³/mol. The van der Waals surface area contributed by atoms with E-state index in [0.717, 1.165) is 0 Å². The highest BCUT2D eigenvalue weighted by atomic mass is 19.4. The maximum atomic E-state index is 12.6. The monoisotopic (exact) mass is 433 g/mol. The van der Waals surface area contributed by atoms with Gasteiger partial charge >= 0.3 is 6.36 Å². The third-order valence-electron chi connectivity index (χ3n) is 4.37. The Morgan fingerprint density at radius 1 is 1.00 bits per heavy atom. The largest absolute Gasteiger partial charge is 0.573 e. The topological polar surface area (TPSA) is 73.6 Å². The van der Waals surface area contributed by atoms with E-state index < -0.39 is 6.36 Å². The molecule has 0 atom stereocenters. The van der Waals surface area contributed by atoms with Crippen LogP contribution in [0, 0.1) is 11.3 Å². The Morgan fingerprint density at radius 3 is 2.19 bits per heavy atom. The molecule has 0 spiro atoms. The van der Waals surface area contributed by atoms with Crippen LogP contribution in [0.3, 0.4) is 0 Å². The molecule has 0 aliphatic rings. The van der Waals surface area contributed by atoms with Crippen molar-refractivity contribution in [1.82, 2.24) is 4.90 Å². The summed E-state index contributed by atoms with van der Waals surface area (Å²) in [5, 5.41) is 8.84. The number of benzene rings is 2. The minimum atomic E-state index is -4.76. The van der Waals surface area contributed by atoms with E-state index >= 15 is 0 Å². The fourth-order valence-corrected chi connectivity index (χ4v) is 2.87. The molecule has 0 saturated heterocycles. The molecular weight excluding hydrogens is 411 g/mol. The number of alkyl halides is 3. The Labute approximate surface area is 178 Å². The molecule has 0 aliphatic heterocycles. The van der Waals surface area contributed by atoms with Crippen molar-refractivity contribution in [2.75, 3.05) is 18.5 Å². The molecule has 31 heavy (non-hydrogen) atoms. The van der Waals surface area contributed by atoms with E-state index in [1.54, 1.807) is 31.3 Å². The number of nitrogens with zero attached hydrogens (tertiary/aromatic N) is 3. The molecule has 6 nitrogen and oxygen atoms in total. The highest BCUT2D eigenvalue weighted by molar-refractivity contribution is 5.95. The first-order chi connectivity index (χ1) is 14.7. The van der Waals surface area contributed by atoms with Crippen LogP contribution < -0.4 is 9.64 Å². The summed E-state index contributed by atoms with van der Waals surface area (Å²) in [7, 11) is 1.55. The van der Waals surface area contributed by atoms with Crippen LogP contribution in [0.2, 0.25) is 0 Å². The van der Waals surface area contributed by atoms with E-state index in [0.29, 0.717) is 11.3 Å². The van der Waals surface area contributed by atoms with Crippen LogP contribution in [0.4, 0.5) is 18.9 Å². The Balaban J connectivity index is 1.90. The van der Waals surface area contributed by atoms with Crippen molar-refractivity contribution in [2.45, 2.75) is 32.2 Å². The first-order valence-electron chi connectivity index (χ1n) is 9.50. The summed E-state index contributed by atoms with van der Waals surface area (Å²) in [6.07, 6.45) is -4.65. The number of rotatable bonds is 9. The number of anilines is 1. The van der Waals surface area contributed by atoms with Crippen LogP contribution in [0.15, 0.2) is 54.6 Å². The number of hydrogen-bond donors (Lipinski definition) is 0. The maximum Gasteiger partial charge on any atom is 0.573 e. The number of para-hydroxylation sites is 1. The number of amides is 2. The first kappa shape index (κ1) is 23.7. The van der Waals surface area contributed by atoms with Crippen LogP contribution in [0.1, 0.15) is 24.8 Å². The molecule has 0 radical (unpaired) electrons. The van der Waals surface area contributed by atoms with E-state index in [1.165, 1.54) is 34.1 Å². The van der Waals surface area contributed by atoms with Gasteiger partial charge in [-0.3, -0.25) is 9.59 Å². The summed E-state index contributed by atoms with van der Waals surface area (Å²) >= 11 is 0. The maximum absolute atomic E-state index is 12.6. The van der Waals surface area contributed by atoms with Crippen LogP contribution in [0.5, 0.6) is 5.75 Å². The van der Waals surface area contributed by atoms with E-state index in [2.05, 4.69) is 4.74 Å². The molecule has 164 valence electrons. The summed E-state index contributed by atoms with van der Waals surface area (Å²) in [6, 6.07) is 16.1. The lowest BCUT2D eigenvalue weighted by atomic mass is 10.2. The Morgan fingerprint density at radius 2 is 1.61 bits per heavy atom. The van der Waals surface area contributed by atoms with E-state index in [-0.39, 0.29) is 49.9 Å². The van der Waals surface area contributed by atoms with Crippen molar-refractivity contribution in [3.05, 3.63) is 60.2 Å². The summed E-state index contributed by atoms with van der Waals surface area (Å²) in [5.41, 5.74) is 1.28. The average Bonchev–Trinajstić information content (AvgIpc) is 2.73. The van der Waals surface area contributed by atoms with Crippen molar-refractivity contribution in [1.29, 1.82) is 5.26 Å². The van der Waals surface area contributed by atoms with Gasteiger partial charge in [-0.15, -0.1) is 13.2 Å². The minimum absolute atomic E-state index is 0.0259. The third kappa shape index (κ3) is 8.01. The summed E-state index contributed by atoms with van der Waals surface area (Å²) in [6.45, 7) is 0.409. The molecule has 2 rings (SSSR count). The van der Waals surface area contributed by atoms with Gasteiger partial charge in [-0.25, -0.2) is 0 Å². The zero-order valence-electron chi connectivity index (χ0n) is 16.9. The molecule has 0 aromatic heterocycles. The highest BCUT2D eigenvalue weighted by Gasteiger charge is 2.31. The molecule has 2 amide bonds. The Kier molecular flexibility index (Phi) is 8.43. The van der Waals surface area contributed by atoms with Crippen molar-refractivity contribution < 1.29 is 27.5 Å². The van der Waals surface area contributed by atoms with Gasteiger partial charge in [0, 0.05) is 38.7 Å². The molecule has 0 fully saturated rings. The number of hydrogen-bond acceptors (Lipinski definition) is 4. The fraction of sp³-hybridized carbons (Fsp3) is 0.318. The first-order valence-corrected chi connectivity index (χ1v) is 9.50. The second kappa shape index (κ2) is 11.0. The summed E-state index contributed by atoms with van der Waals surface area (Å²) in [4.78, 5) is 27.9. The van der Waals surface area contributed by atoms with Crippen molar-refractivity contribution in [3.8, 4) is 11.8 Å². The number of nitriles is 1. The highest BCUT2D eigenvalue weighted by Crippen LogP contribution is 2.23. The van der Waals surface area contributed by atoms with Crippen molar-refractivity contribution in [3.63, 3.8) is 0 Å². The lowest BCUT2D eigenvalue weighted by molar-refractivity contribution is -0.274. The zero-order chi connectivity index (χ0) is 22.9. The smallest absolute Gasteiger partial charge is 0.406 e. The molecule has 0 heterocycles. The molecule has 2 aromatic rings. The van der Waals surface area contributed by atoms with Gasteiger partial charge < -0.3 is 14.5 Å². The van der Waals surface area contributed by atoms with Gasteiger partial charge in [0.1, 0.15) is 5.75 Å². The van der Waals surface area contributed by atoms with Gasteiger partial charge in [0.15, 0.2) is 0 Å². The number of carbonyl (C=O) groups excluding carboxylic acids is 2. The fourth-order valence-electron chi connectivity index (χ4n) is 2.87. The lowest BCUT2D eigenvalue weighted by Gasteiger charge is -2.23. The van der Waals surface area contributed by atoms with Gasteiger partial charge in [0.2, 0.25) is 11.8 Å². The minimum Gasteiger partial charge on any atom is -0.406 e. The van der Waals surface area contributed by atoms with Gasteiger partial charge in [-0.05, 0) is 29.8 Å². The molecule has 0 aliphatic carbocycles. The van der Waals surface area contributed by atoms with Gasteiger partial charge in [-0.2, -0.15) is 5.26 Å². The standard InChI is InChI=1S/C22H22F3N3O3/c1-27(16-17-8-10-19(11-9-17)31-22(23,24)25)20(29)12-13-21(30)28(15-5-14-26)18-6-3-2-4-7-18/h2-4,6-11H,5,12-13,15-16H2,1H3. The number of carbonyl (C=O) groups is 2. The molecule has 0 saturated carbocycles. The Hall–Kier alpha value is -3.54. The van der Waals surface area contributed by atoms with Crippen LogP contribution in [-0.4, -0.2) is 36.7 Å². The molecule has 0 unspecified atom stereocenters. The number of halogens is 3. The second-order valence-electron chi connectivity index (χ2n) is 6.73. The van der Waals surface area contributed by atoms with Crippen LogP contribution >= 0.6 is 0 Å². The predicted octanol–water partition coefficient (Wildman–Crippen LogP) is 4.27. The Bertz CT molecular complexity index is 910. The average molecular weight is 433 g/mol. The van der Waals surface area contributed by atoms with Crippen LogP contribution in [-0.2, 0) is 16.1 Å². The zero-order valence-corrected chi connectivity index (χ0v) is 16.9. The molecule has 0 N–H and O–H groups in total. The molecule has 0 bridgehead atoms. The van der Waals surface area contributed by atoms with Gasteiger partial charge in [0.05, 0.1) is 12.5 Å². The van der Waals surface area contributed by atoms with Crippen molar-refractivity contribution in [2.24, 2.45) is 0 Å². The lowest BCUT2D eigenvalue weighted by Crippen LogP contribution is -2.33. The quantitative estimate of drug-likeness (QED) is 0.592. The number of ether oxygens (including phenoxy) is 1. The molecule has 9 heteroatoms. The second-order valence-corrected chi connectivity index (χ2v) is 6.73. The van der Waals surface area contributed by atoms with Crippen molar-refractivity contribution >= 4 is 17.5 Å². The SMILES string of the molecule is CN(Cc1ccc(OC(F)(F)F)cc1)C(=O)CCC(=O)N(CCC#N)c1ccccc1. The molecular formula is C22H22F3N3O3. The summed E-state index contributed by atoms with van der Waals surface area (Å²) < 4.78 is 40.5. The third-order valence-corrected chi connectivity index (χ3v) is 4.37. The molecule has 2 aromatic carbocycles.